The van der Waals surface area contributed by atoms with E-state index >= 15 is 0 Å². The van der Waals surface area contributed by atoms with Crippen LogP contribution in [0.25, 0.3) is 10.6 Å². The van der Waals surface area contributed by atoms with Crippen molar-refractivity contribution >= 4 is 23.2 Å². The Morgan fingerprint density at radius 1 is 1.57 bits per heavy atom. The zero-order chi connectivity index (χ0) is 16.4. The predicted molar refractivity (Wildman–Crippen MR) is 82.3 cm³/mol. The van der Waals surface area contributed by atoms with Crippen molar-refractivity contribution in [3.05, 3.63) is 29.7 Å². The second-order valence-electron chi connectivity index (χ2n) is 5.35. The van der Waals surface area contributed by atoms with Crippen molar-refractivity contribution in [1.82, 2.24) is 9.88 Å². The number of likely N-dealkylation sites (tertiary alicyclic amines) is 1. The summed E-state index contributed by atoms with van der Waals surface area (Å²) in [6.45, 7) is 0.381. The molecule has 23 heavy (non-hydrogen) atoms. The van der Waals surface area contributed by atoms with Crippen LogP contribution >= 0.6 is 11.3 Å². The standard InChI is InChI=1S/C15H16N2O5S/c1-21-11-4-10(5-13(18)19)17(6-11)15(20)12-8-23-14(16-12)9-2-3-22-7-9/h2-3,7-8,10-11H,4-6H2,1H3,(H,18,19). The molecule has 0 saturated carbocycles. The first kappa shape index (κ1) is 15.7. The molecular formula is C15H16N2O5S. The van der Waals surface area contributed by atoms with Gasteiger partial charge in [-0.3, -0.25) is 9.59 Å². The van der Waals surface area contributed by atoms with Crippen LogP contribution in [0.3, 0.4) is 0 Å². The summed E-state index contributed by atoms with van der Waals surface area (Å²) in [6, 6.07) is 1.40. The van der Waals surface area contributed by atoms with Gasteiger partial charge in [0.1, 0.15) is 17.0 Å². The minimum atomic E-state index is -0.929. The van der Waals surface area contributed by atoms with E-state index in [-0.39, 0.29) is 24.5 Å². The molecule has 2 unspecified atom stereocenters. The summed E-state index contributed by atoms with van der Waals surface area (Å²) < 4.78 is 10.3. The van der Waals surface area contributed by atoms with E-state index in [2.05, 4.69) is 4.98 Å². The molecule has 1 aliphatic heterocycles. The highest BCUT2D eigenvalue weighted by atomic mass is 32.1. The second-order valence-corrected chi connectivity index (χ2v) is 6.21. The number of methoxy groups -OCH3 is 1. The van der Waals surface area contributed by atoms with Crippen LogP contribution in [0, 0.1) is 0 Å². The number of nitrogens with zero attached hydrogens (tertiary/aromatic N) is 2. The van der Waals surface area contributed by atoms with Crippen molar-refractivity contribution in [2.75, 3.05) is 13.7 Å². The van der Waals surface area contributed by atoms with Crippen LogP contribution in [0.2, 0.25) is 0 Å². The molecule has 2 aromatic rings. The average molecular weight is 336 g/mol. The number of carbonyl (C=O) groups excluding carboxylic acids is 1. The largest absolute Gasteiger partial charge is 0.481 e. The number of aliphatic carboxylic acids is 1. The summed E-state index contributed by atoms with van der Waals surface area (Å²) in [7, 11) is 1.57. The average Bonchev–Trinajstić information content (AvgIpc) is 3.25. The highest BCUT2D eigenvalue weighted by molar-refractivity contribution is 7.13. The highest BCUT2D eigenvalue weighted by Gasteiger charge is 2.37. The topological polar surface area (TPSA) is 92.9 Å². The number of hydrogen-bond acceptors (Lipinski definition) is 6. The Kier molecular flexibility index (Phi) is 4.44. The molecule has 0 spiro atoms. The van der Waals surface area contributed by atoms with Gasteiger partial charge in [-0.05, 0) is 12.5 Å². The molecule has 0 aliphatic carbocycles. The molecule has 1 aliphatic rings. The molecular weight excluding hydrogens is 320 g/mol. The first-order valence-corrected chi connectivity index (χ1v) is 8.00. The van der Waals surface area contributed by atoms with Gasteiger partial charge in [0.2, 0.25) is 0 Å². The van der Waals surface area contributed by atoms with Gasteiger partial charge in [0.15, 0.2) is 0 Å². The van der Waals surface area contributed by atoms with Crippen LogP contribution in [-0.4, -0.2) is 52.7 Å². The van der Waals surface area contributed by atoms with E-state index < -0.39 is 5.97 Å². The van der Waals surface area contributed by atoms with Crippen LogP contribution in [0.5, 0.6) is 0 Å². The predicted octanol–water partition coefficient (Wildman–Crippen LogP) is 2.11. The first-order chi connectivity index (χ1) is 11.1. The van der Waals surface area contributed by atoms with E-state index in [4.69, 9.17) is 14.3 Å². The summed E-state index contributed by atoms with van der Waals surface area (Å²) in [4.78, 5) is 29.6. The number of thiazole rings is 1. The lowest BCUT2D eigenvalue weighted by molar-refractivity contribution is -0.138. The fraction of sp³-hybridized carbons (Fsp3) is 0.400. The molecule has 2 atom stereocenters. The normalized spacial score (nSPS) is 20.8. The number of furan rings is 1. The van der Waals surface area contributed by atoms with Crippen molar-refractivity contribution in [2.45, 2.75) is 25.0 Å². The maximum atomic E-state index is 12.7. The molecule has 0 aromatic carbocycles. The van der Waals surface area contributed by atoms with E-state index in [1.807, 2.05) is 0 Å². The Hall–Kier alpha value is -2.19. The number of amides is 1. The maximum Gasteiger partial charge on any atom is 0.305 e. The molecule has 3 rings (SSSR count). The molecule has 1 amide bonds. The van der Waals surface area contributed by atoms with Crippen molar-refractivity contribution < 1.29 is 23.8 Å². The van der Waals surface area contributed by atoms with Gasteiger partial charge >= 0.3 is 5.97 Å². The molecule has 3 heterocycles. The third-order valence-electron chi connectivity index (χ3n) is 3.87. The summed E-state index contributed by atoms with van der Waals surface area (Å²) in [5.74, 6) is -1.19. The van der Waals surface area contributed by atoms with Crippen LogP contribution < -0.4 is 0 Å². The Bertz CT molecular complexity index is 697. The van der Waals surface area contributed by atoms with Gasteiger partial charge in [0.25, 0.3) is 5.91 Å². The molecule has 2 aromatic heterocycles. The van der Waals surface area contributed by atoms with E-state index in [0.29, 0.717) is 23.7 Å². The number of aromatic nitrogens is 1. The van der Waals surface area contributed by atoms with Gasteiger partial charge in [-0.25, -0.2) is 4.98 Å². The van der Waals surface area contributed by atoms with E-state index in [1.54, 1.807) is 36.0 Å². The lowest BCUT2D eigenvalue weighted by atomic mass is 10.1. The van der Waals surface area contributed by atoms with Gasteiger partial charge in [0.05, 0.1) is 18.8 Å². The van der Waals surface area contributed by atoms with E-state index in [0.717, 1.165) is 5.56 Å². The van der Waals surface area contributed by atoms with Gasteiger partial charge in [0, 0.05) is 30.6 Å². The smallest absolute Gasteiger partial charge is 0.305 e. The van der Waals surface area contributed by atoms with Crippen LogP contribution in [0.15, 0.2) is 28.4 Å². The quantitative estimate of drug-likeness (QED) is 0.899. The SMILES string of the molecule is COC1CC(CC(=O)O)N(C(=O)c2csc(-c3ccoc3)n2)C1. The van der Waals surface area contributed by atoms with Crippen LogP contribution in [0.4, 0.5) is 0 Å². The van der Waals surface area contributed by atoms with Crippen molar-refractivity contribution in [3.63, 3.8) is 0 Å². The van der Waals surface area contributed by atoms with Gasteiger partial charge < -0.3 is 19.2 Å². The third-order valence-corrected chi connectivity index (χ3v) is 4.76. The van der Waals surface area contributed by atoms with Crippen molar-refractivity contribution in [1.29, 1.82) is 0 Å². The fourth-order valence-corrected chi connectivity index (χ4v) is 3.51. The van der Waals surface area contributed by atoms with Crippen LogP contribution in [-0.2, 0) is 9.53 Å². The molecule has 1 N–H and O–H groups in total. The molecule has 0 radical (unpaired) electrons. The molecule has 8 heteroatoms. The molecule has 7 nitrogen and oxygen atoms in total. The zero-order valence-corrected chi connectivity index (χ0v) is 13.3. The van der Waals surface area contributed by atoms with Crippen molar-refractivity contribution in [3.8, 4) is 10.6 Å². The Labute approximate surface area is 136 Å². The highest BCUT2D eigenvalue weighted by Crippen LogP contribution is 2.28. The number of hydrogen-bond donors (Lipinski definition) is 1. The summed E-state index contributed by atoms with van der Waals surface area (Å²) in [5, 5.41) is 11.4. The molecule has 1 fully saturated rings. The second kappa shape index (κ2) is 6.51. The zero-order valence-electron chi connectivity index (χ0n) is 12.5. The maximum absolute atomic E-state index is 12.7. The number of carbonyl (C=O) groups is 2. The summed E-state index contributed by atoms with van der Waals surface area (Å²) >= 11 is 1.35. The van der Waals surface area contributed by atoms with Gasteiger partial charge in [-0.15, -0.1) is 11.3 Å². The molecule has 0 bridgehead atoms. The minimum Gasteiger partial charge on any atom is -0.481 e. The van der Waals surface area contributed by atoms with Gasteiger partial charge in [-0.2, -0.15) is 0 Å². The number of carboxylic acids is 1. The number of rotatable bonds is 5. The Morgan fingerprint density at radius 3 is 3.04 bits per heavy atom. The summed E-state index contributed by atoms with van der Waals surface area (Å²) in [5.41, 5.74) is 1.13. The van der Waals surface area contributed by atoms with Crippen LogP contribution in [0.1, 0.15) is 23.3 Å². The third kappa shape index (κ3) is 3.27. The number of carboxylic acid groups (broad SMARTS) is 1. The van der Waals surface area contributed by atoms with Crippen molar-refractivity contribution in [2.24, 2.45) is 0 Å². The molecule has 122 valence electrons. The fourth-order valence-electron chi connectivity index (χ4n) is 2.73. The first-order valence-electron chi connectivity index (χ1n) is 7.12. The molecule has 1 saturated heterocycles. The Balaban J connectivity index is 1.79. The van der Waals surface area contributed by atoms with E-state index in [1.165, 1.54) is 11.3 Å². The van der Waals surface area contributed by atoms with E-state index in [9.17, 15) is 9.59 Å². The monoisotopic (exact) mass is 336 g/mol. The minimum absolute atomic E-state index is 0.0929. The number of ether oxygens (including phenoxy) is 1. The lowest BCUT2D eigenvalue weighted by Gasteiger charge is -2.22. The van der Waals surface area contributed by atoms with Gasteiger partial charge in [-0.1, -0.05) is 0 Å². The Morgan fingerprint density at radius 2 is 2.39 bits per heavy atom. The lowest BCUT2D eigenvalue weighted by Crippen LogP contribution is -2.37. The summed E-state index contributed by atoms with van der Waals surface area (Å²) in [6.07, 6.45) is 3.40.